The number of fused-ring (bicyclic) bond motifs is 2. The van der Waals surface area contributed by atoms with Crippen molar-refractivity contribution in [3.63, 3.8) is 0 Å². The minimum atomic E-state index is -0.890. The lowest BCUT2D eigenvalue weighted by Gasteiger charge is -2.23. The van der Waals surface area contributed by atoms with Crippen LogP contribution < -0.4 is 5.32 Å². The number of aromatic amines is 1. The van der Waals surface area contributed by atoms with Gasteiger partial charge in [0, 0.05) is 6.20 Å². The Balaban J connectivity index is 1.80. The van der Waals surface area contributed by atoms with Crippen molar-refractivity contribution in [2.45, 2.75) is 6.42 Å². The van der Waals surface area contributed by atoms with Crippen molar-refractivity contribution in [3.8, 4) is 0 Å². The number of allylic oxidation sites excluding steroid dienone is 2. The Labute approximate surface area is 103 Å². The van der Waals surface area contributed by atoms with Gasteiger partial charge in [-0.05, 0) is 18.3 Å². The Morgan fingerprint density at radius 1 is 1.33 bits per heavy atom. The molecule has 1 heterocycles. The van der Waals surface area contributed by atoms with Crippen molar-refractivity contribution in [3.05, 3.63) is 24.5 Å². The largest absolute Gasteiger partial charge is 0.481 e. The summed E-state index contributed by atoms with van der Waals surface area (Å²) in [7, 11) is 0. The standard InChI is InChI=1S/C12H13N3O3/c16-11(15-8-4-13-14-5-8)9-6-1-2-7(3-6)10(9)12(17)18/h1-2,4-7,9-10H,3H2,(H,13,14)(H,15,16)(H,17,18)/t6?,7?,9-,10+/m0/s1. The van der Waals surface area contributed by atoms with E-state index in [1.54, 1.807) is 6.20 Å². The first-order valence-electron chi connectivity index (χ1n) is 5.87. The molecule has 3 N–H and O–H groups in total. The number of nitrogens with one attached hydrogen (secondary N) is 2. The third-order valence-corrected chi connectivity index (χ3v) is 3.81. The summed E-state index contributed by atoms with van der Waals surface area (Å²) in [6.07, 6.45) is 7.71. The molecular formula is C12H13N3O3. The Bertz CT molecular complexity index is 509. The first kappa shape index (κ1) is 11.0. The predicted molar refractivity (Wildman–Crippen MR) is 62.6 cm³/mol. The van der Waals surface area contributed by atoms with Crippen LogP contribution in [0, 0.1) is 23.7 Å². The summed E-state index contributed by atoms with van der Waals surface area (Å²) in [6.45, 7) is 0. The molecule has 2 bridgehead atoms. The average molecular weight is 247 g/mol. The van der Waals surface area contributed by atoms with Gasteiger partial charge in [0.25, 0.3) is 0 Å². The number of carboxylic acid groups (broad SMARTS) is 1. The van der Waals surface area contributed by atoms with E-state index in [0.717, 1.165) is 6.42 Å². The van der Waals surface area contributed by atoms with Gasteiger partial charge in [-0.3, -0.25) is 14.7 Å². The number of hydrogen-bond acceptors (Lipinski definition) is 3. The zero-order chi connectivity index (χ0) is 12.7. The van der Waals surface area contributed by atoms with Crippen LogP contribution in [-0.4, -0.2) is 27.2 Å². The summed E-state index contributed by atoms with van der Waals surface area (Å²) >= 11 is 0. The highest BCUT2D eigenvalue weighted by Crippen LogP contribution is 2.48. The highest BCUT2D eigenvalue weighted by Gasteiger charge is 2.51. The van der Waals surface area contributed by atoms with Crippen molar-refractivity contribution in [1.82, 2.24) is 10.2 Å². The Morgan fingerprint density at radius 2 is 2.06 bits per heavy atom. The maximum Gasteiger partial charge on any atom is 0.307 e. The van der Waals surface area contributed by atoms with Gasteiger partial charge in [0.2, 0.25) is 5.91 Å². The molecule has 2 aliphatic rings. The Morgan fingerprint density at radius 3 is 2.67 bits per heavy atom. The monoisotopic (exact) mass is 247 g/mol. The first-order valence-corrected chi connectivity index (χ1v) is 5.87. The second-order valence-electron chi connectivity index (χ2n) is 4.81. The molecule has 1 fully saturated rings. The quantitative estimate of drug-likeness (QED) is 0.691. The lowest BCUT2D eigenvalue weighted by molar-refractivity contribution is -0.146. The van der Waals surface area contributed by atoms with E-state index in [2.05, 4.69) is 15.5 Å². The van der Waals surface area contributed by atoms with E-state index < -0.39 is 17.8 Å². The van der Waals surface area contributed by atoms with Gasteiger partial charge in [-0.25, -0.2) is 0 Å². The van der Waals surface area contributed by atoms with E-state index >= 15 is 0 Å². The van der Waals surface area contributed by atoms with Crippen LogP contribution in [-0.2, 0) is 9.59 Å². The Kier molecular flexibility index (Phi) is 2.43. The van der Waals surface area contributed by atoms with Crippen molar-refractivity contribution < 1.29 is 14.7 Å². The van der Waals surface area contributed by atoms with Gasteiger partial charge in [0.05, 0.1) is 23.7 Å². The van der Waals surface area contributed by atoms with Gasteiger partial charge in [0.15, 0.2) is 0 Å². The third kappa shape index (κ3) is 1.61. The van der Waals surface area contributed by atoms with Crippen molar-refractivity contribution in [2.75, 3.05) is 5.32 Å². The zero-order valence-corrected chi connectivity index (χ0v) is 9.54. The van der Waals surface area contributed by atoms with Crippen LogP contribution in [0.25, 0.3) is 0 Å². The van der Waals surface area contributed by atoms with Crippen LogP contribution in [0.15, 0.2) is 24.5 Å². The number of aliphatic carboxylic acids is 1. The average Bonchev–Trinajstić information content (AvgIpc) is 3.03. The van der Waals surface area contributed by atoms with Gasteiger partial charge in [0.1, 0.15) is 0 Å². The van der Waals surface area contributed by atoms with Crippen molar-refractivity contribution >= 4 is 17.6 Å². The summed E-state index contributed by atoms with van der Waals surface area (Å²) in [6, 6.07) is 0. The number of rotatable bonds is 3. The fourth-order valence-corrected chi connectivity index (χ4v) is 3.06. The highest BCUT2D eigenvalue weighted by atomic mass is 16.4. The van der Waals surface area contributed by atoms with E-state index in [0.29, 0.717) is 5.69 Å². The molecule has 6 heteroatoms. The van der Waals surface area contributed by atoms with E-state index in [4.69, 9.17) is 0 Å². The molecule has 2 aliphatic carbocycles. The van der Waals surface area contributed by atoms with Gasteiger partial charge < -0.3 is 10.4 Å². The molecule has 18 heavy (non-hydrogen) atoms. The molecular weight excluding hydrogens is 234 g/mol. The molecule has 0 spiro atoms. The first-order chi connectivity index (χ1) is 8.66. The molecule has 94 valence electrons. The maximum absolute atomic E-state index is 12.2. The number of nitrogens with zero attached hydrogens (tertiary/aromatic N) is 1. The number of hydrogen-bond donors (Lipinski definition) is 3. The predicted octanol–water partition coefficient (Wildman–Crippen LogP) is 0.871. The highest BCUT2D eigenvalue weighted by molar-refractivity contribution is 5.96. The maximum atomic E-state index is 12.2. The number of H-pyrrole nitrogens is 1. The smallest absolute Gasteiger partial charge is 0.307 e. The molecule has 3 rings (SSSR count). The minimum Gasteiger partial charge on any atom is -0.481 e. The molecule has 0 saturated heterocycles. The Hall–Kier alpha value is -2.11. The fraction of sp³-hybridized carbons (Fsp3) is 0.417. The summed E-state index contributed by atoms with van der Waals surface area (Å²) in [4.78, 5) is 23.4. The van der Waals surface area contributed by atoms with E-state index in [1.807, 2.05) is 12.2 Å². The van der Waals surface area contributed by atoms with E-state index in [-0.39, 0.29) is 17.7 Å². The molecule has 1 aromatic rings. The molecule has 2 unspecified atom stereocenters. The van der Waals surface area contributed by atoms with Gasteiger partial charge in [-0.1, -0.05) is 12.2 Å². The van der Waals surface area contributed by atoms with Crippen molar-refractivity contribution in [2.24, 2.45) is 23.7 Å². The summed E-state index contributed by atoms with van der Waals surface area (Å²) in [5, 5.41) is 18.3. The topological polar surface area (TPSA) is 95.1 Å². The number of carboxylic acids is 1. The van der Waals surface area contributed by atoms with Crippen molar-refractivity contribution in [1.29, 1.82) is 0 Å². The number of amides is 1. The molecule has 1 saturated carbocycles. The van der Waals surface area contributed by atoms with Crippen LogP contribution in [0.2, 0.25) is 0 Å². The molecule has 0 aliphatic heterocycles. The SMILES string of the molecule is O=C(O)[C@@H]1C2C=CC(C2)[C@@H]1C(=O)Nc1cn[nH]c1. The molecule has 1 amide bonds. The molecule has 1 aromatic heterocycles. The lowest BCUT2D eigenvalue weighted by Crippen LogP contribution is -2.36. The lowest BCUT2D eigenvalue weighted by atomic mass is 9.82. The second-order valence-corrected chi connectivity index (χ2v) is 4.81. The second kappa shape index (κ2) is 3.97. The number of aromatic nitrogens is 2. The van der Waals surface area contributed by atoms with Crippen LogP contribution in [0.5, 0.6) is 0 Å². The molecule has 4 atom stereocenters. The molecule has 0 radical (unpaired) electrons. The molecule has 6 nitrogen and oxygen atoms in total. The fourth-order valence-electron chi connectivity index (χ4n) is 3.06. The third-order valence-electron chi connectivity index (χ3n) is 3.81. The van der Waals surface area contributed by atoms with E-state index in [1.165, 1.54) is 6.20 Å². The van der Waals surface area contributed by atoms with Crippen LogP contribution >= 0.6 is 0 Å². The van der Waals surface area contributed by atoms with Gasteiger partial charge >= 0.3 is 5.97 Å². The minimum absolute atomic E-state index is 0.00685. The van der Waals surface area contributed by atoms with Crippen LogP contribution in [0.4, 0.5) is 5.69 Å². The molecule has 0 aromatic carbocycles. The number of anilines is 1. The number of carbonyl (C=O) groups excluding carboxylic acids is 1. The van der Waals surface area contributed by atoms with E-state index in [9.17, 15) is 14.7 Å². The van der Waals surface area contributed by atoms with Crippen LogP contribution in [0.1, 0.15) is 6.42 Å². The van der Waals surface area contributed by atoms with Crippen LogP contribution in [0.3, 0.4) is 0 Å². The van der Waals surface area contributed by atoms with Gasteiger partial charge in [-0.15, -0.1) is 0 Å². The normalized spacial score (nSPS) is 32.7. The van der Waals surface area contributed by atoms with Gasteiger partial charge in [-0.2, -0.15) is 5.10 Å². The summed E-state index contributed by atoms with van der Waals surface area (Å²) < 4.78 is 0. The number of carbonyl (C=O) groups is 2. The summed E-state index contributed by atoms with van der Waals surface area (Å²) in [5.41, 5.74) is 0.566. The zero-order valence-electron chi connectivity index (χ0n) is 9.54. The summed E-state index contributed by atoms with van der Waals surface area (Å²) in [5.74, 6) is -2.17.